The van der Waals surface area contributed by atoms with E-state index in [0.29, 0.717) is 34.5 Å². The minimum Gasteiger partial charge on any atom is -0.496 e. The zero-order valence-corrected chi connectivity index (χ0v) is 17.0. The summed E-state index contributed by atoms with van der Waals surface area (Å²) in [5.41, 5.74) is 7.96. The van der Waals surface area contributed by atoms with Crippen LogP contribution in [0.2, 0.25) is 5.02 Å². The third-order valence-corrected chi connectivity index (χ3v) is 5.69. The molecule has 1 heterocycles. The molecule has 0 aromatic heterocycles. The van der Waals surface area contributed by atoms with Crippen molar-refractivity contribution in [1.29, 1.82) is 0 Å². The van der Waals surface area contributed by atoms with E-state index in [2.05, 4.69) is 40.5 Å². The van der Waals surface area contributed by atoms with Crippen molar-refractivity contribution in [2.75, 3.05) is 32.5 Å². The van der Waals surface area contributed by atoms with Crippen molar-refractivity contribution in [3.63, 3.8) is 0 Å². The number of nitrogens with two attached hydrogens (primary N) is 1. The monoisotopic (exact) mass is 401 g/mol. The number of rotatable bonds is 7. The number of amides is 1. The number of piperidine rings is 1. The first-order valence-corrected chi connectivity index (χ1v) is 10.1. The SMILES string of the molecule is COc1cc(N)c(Cl)cc1C(=O)NCCC1CCN(Cc2ccccc2)CC1. The third-order valence-electron chi connectivity index (χ3n) is 5.36. The molecule has 0 radical (unpaired) electrons. The maximum Gasteiger partial charge on any atom is 0.255 e. The zero-order chi connectivity index (χ0) is 19.9. The summed E-state index contributed by atoms with van der Waals surface area (Å²) < 4.78 is 5.25. The highest BCUT2D eigenvalue weighted by Gasteiger charge is 2.20. The lowest BCUT2D eigenvalue weighted by atomic mass is 9.93. The van der Waals surface area contributed by atoms with Gasteiger partial charge >= 0.3 is 0 Å². The van der Waals surface area contributed by atoms with Crippen LogP contribution in [0.25, 0.3) is 0 Å². The maximum atomic E-state index is 12.5. The fourth-order valence-electron chi connectivity index (χ4n) is 3.68. The van der Waals surface area contributed by atoms with Crippen LogP contribution in [-0.2, 0) is 6.54 Å². The van der Waals surface area contributed by atoms with E-state index < -0.39 is 0 Å². The highest BCUT2D eigenvalue weighted by molar-refractivity contribution is 6.33. The second-order valence-electron chi connectivity index (χ2n) is 7.32. The number of ether oxygens (including phenoxy) is 1. The molecule has 3 N–H and O–H groups in total. The number of methoxy groups -OCH3 is 1. The molecule has 5 nitrogen and oxygen atoms in total. The van der Waals surface area contributed by atoms with Crippen LogP contribution in [0.1, 0.15) is 35.2 Å². The van der Waals surface area contributed by atoms with E-state index in [9.17, 15) is 4.79 Å². The topological polar surface area (TPSA) is 67.6 Å². The predicted molar refractivity (Wildman–Crippen MR) is 114 cm³/mol. The van der Waals surface area contributed by atoms with Gasteiger partial charge in [-0.25, -0.2) is 0 Å². The smallest absolute Gasteiger partial charge is 0.255 e. The van der Waals surface area contributed by atoms with E-state index in [1.807, 2.05) is 0 Å². The Balaban J connectivity index is 1.42. The Hall–Kier alpha value is -2.24. The summed E-state index contributed by atoms with van der Waals surface area (Å²) in [5.74, 6) is 0.901. The number of nitrogen functional groups attached to an aromatic ring is 1. The van der Waals surface area contributed by atoms with Gasteiger partial charge in [0.05, 0.1) is 23.4 Å². The van der Waals surface area contributed by atoms with Gasteiger partial charge in [0, 0.05) is 19.2 Å². The van der Waals surface area contributed by atoms with Gasteiger partial charge in [-0.1, -0.05) is 41.9 Å². The Labute approximate surface area is 171 Å². The summed E-state index contributed by atoms with van der Waals surface area (Å²) in [4.78, 5) is 15.0. The molecule has 28 heavy (non-hydrogen) atoms. The highest BCUT2D eigenvalue weighted by atomic mass is 35.5. The Morgan fingerprint density at radius 1 is 1.25 bits per heavy atom. The van der Waals surface area contributed by atoms with Gasteiger partial charge < -0.3 is 15.8 Å². The molecule has 0 unspecified atom stereocenters. The van der Waals surface area contributed by atoms with E-state index in [4.69, 9.17) is 22.1 Å². The molecule has 1 aliphatic heterocycles. The minimum atomic E-state index is -0.180. The summed E-state index contributed by atoms with van der Waals surface area (Å²) in [5, 5.41) is 3.34. The van der Waals surface area contributed by atoms with Crippen LogP contribution in [0.3, 0.4) is 0 Å². The lowest BCUT2D eigenvalue weighted by Gasteiger charge is -2.32. The Morgan fingerprint density at radius 3 is 2.64 bits per heavy atom. The number of hydrogen-bond donors (Lipinski definition) is 2. The van der Waals surface area contributed by atoms with Crippen LogP contribution < -0.4 is 15.8 Å². The number of benzene rings is 2. The number of anilines is 1. The van der Waals surface area contributed by atoms with Crippen molar-refractivity contribution >= 4 is 23.2 Å². The van der Waals surface area contributed by atoms with Crippen LogP contribution in [-0.4, -0.2) is 37.6 Å². The molecule has 1 fully saturated rings. The molecule has 1 amide bonds. The molecule has 0 atom stereocenters. The highest BCUT2D eigenvalue weighted by Crippen LogP contribution is 2.29. The van der Waals surface area contributed by atoms with Gasteiger partial charge in [-0.3, -0.25) is 9.69 Å². The molecular weight excluding hydrogens is 374 g/mol. The molecule has 2 aromatic carbocycles. The van der Waals surface area contributed by atoms with Gasteiger partial charge in [0.1, 0.15) is 5.75 Å². The largest absolute Gasteiger partial charge is 0.496 e. The van der Waals surface area contributed by atoms with Crippen molar-refractivity contribution < 1.29 is 9.53 Å². The molecule has 0 bridgehead atoms. The average Bonchev–Trinajstić information content (AvgIpc) is 2.71. The van der Waals surface area contributed by atoms with Gasteiger partial charge in [-0.2, -0.15) is 0 Å². The quantitative estimate of drug-likeness (QED) is 0.689. The number of halogens is 1. The molecule has 0 saturated carbocycles. The fraction of sp³-hybridized carbons (Fsp3) is 0.409. The normalized spacial score (nSPS) is 15.4. The van der Waals surface area contributed by atoms with Crippen molar-refractivity contribution in [3.8, 4) is 5.75 Å². The summed E-state index contributed by atoms with van der Waals surface area (Å²) in [6.45, 7) is 3.87. The van der Waals surface area contributed by atoms with Crippen LogP contribution >= 0.6 is 11.6 Å². The molecule has 2 aromatic rings. The number of nitrogens with zero attached hydrogens (tertiary/aromatic N) is 1. The number of likely N-dealkylation sites (tertiary alicyclic amines) is 1. The van der Waals surface area contributed by atoms with E-state index in [-0.39, 0.29) is 5.91 Å². The number of carbonyl (C=O) groups excluding carboxylic acids is 1. The minimum absolute atomic E-state index is 0.180. The van der Waals surface area contributed by atoms with Crippen molar-refractivity contribution in [3.05, 3.63) is 58.6 Å². The van der Waals surface area contributed by atoms with Crippen molar-refractivity contribution in [2.45, 2.75) is 25.8 Å². The van der Waals surface area contributed by atoms with E-state index in [1.165, 1.54) is 25.5 Å². The average molecular weight is 402 g/mol. The zero-order valence-electron chi connectivity index (χ0n) is 16.3. The lowest BCUT2D eigenvalue weighted by Crippen LogP contribution is -2.34. The lowest BCUT2D eigenvalue weighted by molar-refractivity contribution is 0.0944. The number of nitrogens with one attached hydrogen (secondary N) is 1. The number of carbonyl (C=O) groups is 1. The molecule has 0 spiro atoms. The first-order chi connectivity index (χ1) is 13.6. The van der Waals surface area contributed by atoms with Gasteiger partial charge in [-0.15, -0.1) is 0 Å². The summed E-state index contributed by atoms with van der Waals surface area (Å²) in [6, 6.07) is 13.7. The van der Waals surface area contributed by atoms with Gasteiger partial charge in [0.25, 0.3) is 5.91 Å². The second kappa shape index (κ2) is 9.80. The first-order valence-electron chi connectivity index (χ1n) is 9.74. The number of hydrogen-bond acceptors (Lipinski definition) is 4. The second-order valence-corrected chi connectivity index (χ2v) is 7.73. The standard InChI is InChI=1S/C22H28ClN3O2/c1-28-21-14-20(24)19(23)13-18(21)22(27)25-10-7-16-8-11-26(12-9-16)15-17-5-3-2-4-6-17/h2-6,13-14,16H,7-12,15,24H2,1H3,(H,25,27). The fourth-order valence-corrected chi connectivity index (χ4v) is 3.84. The van der Waals surface area contributed by atoms with Gasteiger partial charge in [0.15, 0.2) is 0 Å². The summed E-state index contributed by atoms with van der Waals surface area (Å²) in [7, 11) is 1.52. The molecule has 1 aliphatic rings. The van der Waals surface area contributed by atoms with Gasteiger partial charge in [0.2, 0.25) is 0 Å². The van der Waals surface area contributed by atoms with Crippen LogP contribution in [0.15, 0.2) is 42.5 Å². The van der Waals surface area contributed by atoms with E-state index in [1.54, 1.807) is 12.1 Å². The summed E-state index contributed by atoms with van der Waals surface area (Å²) in [6.07, 6.45) is 3.31. The maximum absolute atomic E-state index is 12.5. The Bertz CT molecular complexity index is 790. The first kappa shape index (κ1) is 20.5. The van der Waals surface area contributed by atoms with Crippen LogP contribution in [0.4, 0.5) is 5.69 Å². The van der Waals surface area contributed by atoms with Gasteiger partial charge in [-0.05, 0) is 49.9 Å². The molecular formula is C22H28ClN3O2. The molecule has 150 valence electrons. The third kappa shape index (κ3) is 5.40. The molecule has 1 saturated heterocycles. The van der Waals surface area contributed by atoms with E-state index >= 15 is 0 Å². The molecule has 3 rings (SSSR count). The van der Waals surface area contributed by atoms with Crippen molar-refractivity contribution in [1.82, 2.24) is 10.2 Å². The summed E-state index contributed by atoms with van der Waals surface area (Å²) >= 11 is 6.05. The molecule has 6 heteroatoms. The van der Waals surface area contributed by atoms with Crippen molar-refractivity contribution in [2.24, 2.45) is 5.92 Å². The van der Waals surface area contributed by atoms with Crippen LogP contribution in [0, 0.1) is 5.92 Å². The molecule has 0 aliphatic carbocycles. The Kier molecular flexibility index (Phi) is 7.18. The van der Waals surface area contributed by atoms with E-state index in [0.717, 1.165) is 26.1 Å². The Morgan fingerprint density at radius 2 is 1.96 bits per heavy atom. The predicted octanol–water partition coefficient (Wildman–Crippen LogP) is 3.96. The van der Waals surface area contributed by atoms with Crippen LogP contribution in [0.5, 0.6) is 5.75 Å².